The van der Waals surface area contributed by atoms with Gasteiger partial charge in [0.1, 0.15) is 0 Å². The lowest BCUT2D eigenvalue weighted by Crippen LogP contribution is -2.52. The molecule has 0 bridgehead atoms. The molecule has 0 spiro atoms. The van der Waals surface area contributed by atoms with Crippen LogP contribution in [0.15, 0.2) is 24.3 Å². The Kier molecular flexibility index (Phi) is 3.65. The van der Waals surface area contributed by atoms with E-state index in [1.807, 2.05) is 24.3 Å². The van der Waals surface area contributed by atoms with Crippen LogP contribution in [0.4, 0.5) is 4.79 Å². The Bertz CT molecular complexity index is 379. The molecule has 1 aromatic rings. The van der Waals surface area contributed by atoms with Gasteiger partial charge in [-0.25, -0.2) is 10.6 Å². The van der Waals surface area contributed by atoms with E-state index in [4.69, 9.17) is 5.84 Å². The van der Waals surface area contributed by atoms with Crippen LogP contribution in [-0.2, 0) is 6.54 Å². The van der Waals surface area contributed by atoms with Gasteiger partial charge in [-0.3, -0.25) is 5.01 Å². The number of nitrogens with two attached hydrogens (primary N) is 1. The number of carbonyl (C=O) groups excluding carboxylic acids is 1. The van der Waals surface area contributed by atoms with Crippen LogP contribution in [0.5, 0.6) is 0 Å². The first-order valence-corrected chi connectivity index (χ1v) is 6.30. The van der Waals surface area contributed by atoms with E-state index < -0.39 is 0 Å². The fourth-order valence-corrected chi connectivity index (χ4v) is 2.12. The van der Waals surface area contributed by atoms with Crippen LogP contribution in [0.3, 0.4) is 0 Å². The van der Waals surface area contributed by atoms with Crippen molar-refractivity contribution in [3.8, 4) is 0 Å². The molecule has 5 heteroatoms. The Balaban J connectivity index is 2.03. The van der Waals surface area contributed by atoms with E-state index in [1.165, 1.54) is 8.58 Å². The molecule has 0 aliphatic carbocycles. The van der Waals surface area contributed by atoms with Gasteiger partial charge in [0.25, 0.3) is 0 Å². The topological polar surface area (TPSA) is 49.6 Å². The molecule has 0 aromatic heterocycles. The molecule has 0 unspecified atom stereocenters. The molecule has 1 heterocycles. The summed E-state index contributed by atoms with van der Waals surface area (Å²) in [5, 5.41) is 1.29. The van der Waals surface area contributed by atoms with Crippen LogP contribution in [0.25, 0.3) is 0 Å². The highest BCUT2D eigenvalue weighted by molar-refractivity contribution is 14.1. The fourth-order valence-electron chi connectivity index (χ4n) is 1.76. The normalized spacial score (nSPS) is 16.8. The molecule has 16 heavy (non-hydrogen) atoms. The maximum atomic E-state index is 11.7. The molecular formula is C11H14IN3O. The number of hydrogen-bond acceptors (Lipinski definition) is 2. The molecule has 1 aromatic carbocycles. The quantitative estimate of drug-likeness (QED) is 0.510. The number of amides is 2. The average molecular weight is 331 g/mol. The number of hydrogen-bond donors (Lipinski definition) is 1. The van der Waals surface area contributed by atoms with Crippen molar-refractivity contribution in [1.29, 1.82) is 0 Å². The third-order valence-electron chi connectivity index (χ3n) is 2.63. The van der Waals surface area contributed by atoms with Crippen LogP contribution < -0.4 is 5.84 Å². The van der Waals surface area contributed by atoms with Gasteiger partial charge >= 0.3 is 6.03 Å². The number of hydrazine groups is 1. The van der Waals surface area contributed by atoms with E-state index in [0.29, 0.717) is 13.1 Å². The molecule has 2 rings (SSSR count). The number of halogens is 1. The molecule has 86 valence electrons. The zero-order valence-corrected chi connectivity index (χ0v) is 11.1. The second kappa shape index (κ2) is 5.01. The summed E-state index contributed by atoms with van der Waals surface area (Å²) in [4.78, 5) is 13.5. The third kappa shape index (κ3) is 2.65. The first kappa shape index (κ1) is 11.7. The molecule has 0 saturated carbocycles. The van der Waals surface area contributed by atoms with E-state index in [0.717, 1.165) is 18.5 Å². The number of carbonyl (C=O) groups is 1. The van der Waals surface area contributed by atoms with Crippen molar-refractivity contribution in [2.75, 3.05) is 13.1 Å². The Labute approximate surface area is 109 Å². The molecule has 2 amide bonds. The number of urea groups is 1. The van der Waals surface area contributed by atoms with Crippen molar-refractivity contribution in [3.63, 3.8) is 0 Å². The molecule has 1 aliphatic rings. The molecule has 2 N–H and O–H groups in total. The Hall–Kier alpha value is -0.820. The summed E-state index contributed by atoms with van der Waals surface area (Å²) in [5.41, 5.74) is 1.14. The predicted molar refractivity (Wildman–Crippen MR) is 70.5 cm³/mol. The second-order valence-electron chi connectivity index (χ2n) is 3.88. The van der Waals surface area contributed by atoms with E-state index in [9.17, 15) is 4.79 Å². The Morgan fingerprint density at radius 2 is 1.94 bits per heavy atom. The highest BCUT2D eigenvalue weighted by Crippen LogP contribution is 2.13. The van der Waals surface area contributed by atoms with Gasteiger partial charge in [0, 0.05) is 23.2 Å². The molecule has 1 fully saturated rings. The molecular weight excluding hydrogens is 317 g/mol. The van der Waals surface area contributed by atoms with E-state index in [-0.39, 0.29) is 6.03 Å². The van der Waals surface area contributed by atoms with Crippen molar-refractivity contribution in [2.24, 2.45) is 5.84 Å². The number of nitrogens with zero attached hydrogens (tertiary/aromatic N) is 2. The SMILES string of the molecule is NN1CCCN(Cc2ccc(I)cc2)C1=O. The summed E-state index contributed by atoms with van der Waals surface area (Å²) in [6, 6.07) is 8.11. The lowest BCUT2D eigenvalue weighted by atomic mass is 10.2. The minimum absolute atomic E-state index is 0.0789. The molecule has 0 radical (unpaired) electrons. The molecule has 1 aliphatic heterocycles. The molecule has 0 atom stereocenters. The van der Waals surface area contributed by atoms with Gasteiger partial charge in [-0.1, -0.05) is 12.1 Å². The van der Waals surface area contributed by atoms with Crippen molar-refractivity contribution in [3.05, 3.63) is 33.4 Å². The summed E-state index contributed by atoms with van der Waals surface area (Å²) in [6.07, 6.45) is 0.937. The minimum atomic E-state index is -0.0789. The lowest BCUT2D eigenvalue weighted by Gasteiger charge is -2.32. The van der Waals surface area contributed by atoms with Crippen LogP contribution in [0.1, 0.15) is 12.0 Å². The van der Waals surface area contributed by atoms with Crippen LogP contribution in [0, 0.1) is 3.57 Å². The fraction of sp³-hybridized carbons (Fsp3) is 0.364. The first-order valence-electron chi connectivity index (χ1n) is 5.22. The van der Waals surface area contributed by atoms with Gasteiger partial charge in [-0.2, -0.15) is 0 Å². The second-order valence-corrected chi connectivity index (χ2v) is 5.12. The van der Waals surface area contributed by atoms with E-state index in [1.54, 1.807) is 4.90 Å². The summed E-state index contributed by atoms with van der Waals surface area (Å²) >= 11 is 2.27. The summed E-state index contributed by atoms with van der Waals surface area (Å²) < 4.78 is 1.20. The number of rotatable bonds is 2. The summed E-state index contributed by atoms with van der Waals surface area (Å²) in [7, 11) is 0. The third-order valence-corrected chi connectivity index (χ3v) is 3.35. The van der Waals surface area contributed by atoms with Gasteiger partial charge < -0.3 is 4.90 Å². The van der Waals surface area contributed by atoms with E-state index in [2.05, 4.69) is 22.6 Å². The van der Waals surface area contributed by atoms with Gasteiger partial charge in [0.2, 0.25) is 0 Å². The molecule has 4 nitrogen and oxygen atoms in total. The monoisotopic (exact) mass is 331 g/mol. The lowest BCUT2D eigenvalue weighted by molar-refractivity contribution is 0.127. The highest BCUT2D eigenvalue weighted by Gasteiger charge is 2.22. The molecule has 1 saturated heterocycles. The van der Waals surface area contributed by atoms with Gasteiger partial charge in [0.05, 0.1) is 0 Å². The highest BCUT2D eigenvalue weighted by atomic mass is 127. The van der Waals surface area contributed by atoms with E-state index >= 15 is 0 Å². The zero-order chi connectivity index (χ0) is 11.5. The first-order chi connectivity index (χ1) is 7.66. The summed E-state index contributed by atoms with van der Waals surface area (Å²) in [6.45, 7) is 2.09. The number of benzene rings is 1. The van der Waals surface area contributed by atoms with Crippen LogP contribution in [0.2, 0.25) is 0 Å². The largest absolute Gasteiger partial charge is 0.334 e. The average Bonchev–Trinajstić information content (AvgIpc) is 2.28. The zero-order valence-electron chi connectivity index (χ0n) is 8.90. The minimum Gasteiger partial charge on any atom is -0.319 e. The standard InChI is InChI=1S/C11H14IN3O/c12-10-4-2-9(3-5-10)8-14-6-1-7-15(13)11(14)16/h2-5H,1,6-8,13H2. The van der Waals surface area contributed by atoms with Gasteiger partial charge in [-0.15, -0.1) is 0 Å². The predicted octanol–water partition coefficient (Wildman–Crippen LogP) is 1.79. The maximum absolute atomic E-state index is 11.7. The van der Waals surface area contributed by atoms with Crippen molar-refractivity contribution in [1.82, 2.24) is 9.91 Å². The van der Waals surface area contributed by atoms with Gasteiger partial charge in [-0.05, 0) is 46.7 Å². The van der Waals surface area contributed by atoms with Crippen molar-refractivity contribution in [2.45, 2.75) is 13.0 Å². The smallest absolute Gasteiger partial charge is 0.319 e. The van der Waals surface area contributed by atoms with Gasteiger partial charge in [0.15, 0.2) is 0 Å². The van der Waals surface area contributed by atoms with Crippen LogP contribution >= 0.6 is 22.6 Å². The van der Waals surface area contributed by atoms with Crippen LogP contribution in [-0.4, -0.2) is 29.0 Å². The van der Waals surface area contributed by atoms with Crippen molar-refractivity contribution >= 4 is 28.6 Å². The maximum Gasteiger partial charge on any atom is 0.334 e. The Morgan fingerprint density at radius 3 is 2.62 bits per heavy atom. The van der Waals surface area contributed by atoms with Crippen molar-refractivity contribution < 1.29 is 4.79 Å². The Morgan fingerprint density at radius 1 is 1.25 bits per heavy atom. The summed E-state index contributed by atoms with van der Waals surface area (Å²) in [5.74, 6) is 5.59.